The third-order valence-electron chi connectivity index (χ3n) is 3.84. The van der Waals surface area contributed by atoms with Crippen molar-refractivity contribution in [2.45, 2.75) is 6.42 Å². The number of nitrogens with zero attached hydrogens (tertiary/aromatic N) is 4. The van der Waals surface area contributed by atoms with Gasteiger partial charge in [0.05, 0.1) is 6.26 Å². The second-order valence-electron chi connectivity index (χ2n) is 5.40. The quantitative estimate of drug-likeness (QED) is 0.875. The SMILES string of the molecule is O=C(CCNc1ncccn1)N1CCN(C(=O)c2ccco2)CC1. The van der Waals surface area contributed by atoms with E-state index in [2.05, 4.69) is 15.3 Å². The van der Waals surface area contributed by atoms with Crippen molar-refractivity contribution < 1.29 is 14.0 Å². The third-order valence-corrected chi connectivity index (χ3v) is 3.84. The number of carbonyl (C=O) groups is 2. The molecule has 0 aromatic carbocycles. The molecule has 1 saturated heterocycles. The van der Waals surface area contributed by atoms with E-state index in [0.717, 1.165) is 0 Å². The lowest BCUT2D eigenvalue weighted by Crippen LogP contribution is -2.50. The average Bonchev–Trinajstić information content (AvgIpc) is 3.17. The van der Waals surface area contributed by atoms with E-state index in [-0.39, 0.29) is 11.8 Å². The second kappa shape index (κ2) is 7.58. The first kappa shape index (κ1) is 16.0. The van der Waals surface area contributed by atoms with Crippen molar-refractivity contribution in [3.05, 3.63) is 42.6 Å². The molecule has 0 aliphatic carbocycles. The van der Waals surface area contributed by atoms with Gasteiger partial charge in [-0.3, -0.25) is 9.59 Å². The molecule has 24 heavy (non-hydrogen) atoms. The molecule has 3 heterocycles. The summed E-state index contributed by atoms with van der Waals surface area (Å²) >= 11 is 0. The largest absolute Gasteiger partial charge is 0.459 e. The molecule has 1 aliphatic heterocycles. The third kappa shape index (κ3) is 3.89. The standard InChI is InChI=1S/C16H19N5O3/c22-14(4-7-19-16-17-5-2-6-18-16)20-8-10-21(11-9-20)15(23)13-3-1-12-24-13/h1-3,5-6,12H,4,7-11H2,(H,17,18,19). The van der Waals surface area contributed by atoms with Crippen molar-refractivity contribution >= 4 is 17.8 Å². The number of rotatable bonds is 5. The molecule has 2 aromatic rings. The predicted molar refractivity (Wildman–Crippen MR) is 86.3 cm³/mol. The molecule has 0 spiro atoms. The summed E-state index contributed by atoms with van der Waals surface area (Å²) in [5.41, 5.74) is 0. The molecule has 0 radical (unpaired) electrons. The topological polar surface area (TPSA) is 91.6 Å². The first-order valence-electron chi connectivity index (χ1n) is 7.85. The van der Waals surface area contributed by atoms with Gasteiger partial charge >= 0.3 is 0 Å². The number of aromatic nitrogens is 2. The Morgan fingerprint density at radius 2 is 1.79 bits per heavy atom. The van der Waals surface area contributed by atoms with Crippen LogP contribution in [-0.4, -0.2) is 64.3 Å². The highest BCUT2D eigenvalue weighted by atomic mass is 16.3. The Balaban J connectivity index is 1.41. The zero-order chi connectivity index (χ0) is 16.8. The van der Waals surface area contributed by atoms with Crippen LogP contribution in [0.5, 0.6) is 0 Å². The van der Waals surface area contributed by atoms with E-state index in [4.69, 9.17) is 4.42 Å². The molecule has 2 amide bonds. The van der Waals surface area contributed by atoms with E-state index < -0.39 is 0 Å². The van der Waals surface area contributed by atoms with Gasteiger partial charge in [0.1, 0.15) is 0 Å². The van der Waals surface area contributed by atoms with Gasteiger partial charge in [-0.1, -0.05) is 0 Å². The maximum atomic E-state index is 12.2. The maximum Gasteiger partial charge on any atom is 0.289 e. The zero-order valence-corrected chi connectivity index (χ0v) is 13.2. The summed E-state index contributed by atoms with van der Waals surface area (Å²) in [6, 6.07) is 5.08. The van der Waals surface area contributed by atoms with Crippen LogP contribution in [0.25, 0.3) is 0 Å². The summed E-state index contributed by atoms with van der Waals surface area (Å²) in [5, 5.41) is 3.01. The molecule has 3 rings (SSSR count). The molecule has 2 aromatic heterocycles. The number of carbonyl (C=O) groups excluding carboxylic acids is 2. The number of hydrogen-bond donors (Lipinski definition) is 1. The normalized spacial score (nSPS) is 14.5. The van der Waals surface area contributed by atoms with E-state index in [9.17, 15) is 9.59 Å². The van der Waals surface area contributed by atoms with Crippen molar-refractivity contribution in [2.75, 3.05) is 38.0 Å². The van der Waals surface area contributed by atoms with Crippen molar-refractivity contribution in [1.82, 2.24) is 19.8 Å². The molecule has 0 bridgehead atoms. The number of furan rings is 1. The van der Waals surface area contributed by atoms with Crippen LogP contribution in [-0.2, 0) is 4.79 Å². The van der Waals surface area contributed by atoms with E-state index in [1.54, 1.807) is 40.4 Å². The first-order valence-corrected chi connectivity index (χ1v) is 7.85. The Morgan fingerprint density at radius 1 is 1.08 bits per heavy atom. The molecule has 1 aliphatic rings. The number of nitrogens with one attached hydrogen (secondary N) is 1. The minimum Gasteiger partial charge on any atom is -0.459 e. The van der Waals surface area contributed by atoms with Gasteiger partial charge in [-0.05, 0) is 18.2 Å². The smallest absolute Gasteiger partial charge is 0.289 e. The molecular formula is C16H19N5O3. The van der Waals surface area contributed by atoms with Crippen LogP contribution in [0.4, 0.5) is 5.95 Å². The molecule has 8 nitrogen and oxygen atoms in total. The zero-order valence-electron chi connectivity index (χ0n) is 13.2. The van der Waals surface area contributed by atoms with E-state index in [0.29, 0.717) is 50.9 Å². The molecule has 126 valence electrons. The van der Waals surface area contributed by atoms with Crippen LogP contribution in [0.15, 0.2) is 41.3 Å². The van der Waals surface area contributed by atoms with Crippen molar-refractivity contribution in [1.29, 1.82) is 0 Å². The lowest BCUT2D eigenvalue weighted by molar-refractivity contribution is -0.132. The van der Waals surface area contributed by atoms with Gasteiger partial charge < -0.3 is 19.5 Å². The summed E-state index contributed by atoms with van der Waals surface area (Å²) in [4.78, 5) is 36.0. The van der Waals surface area contributed by atoms with Gasteiger partial charge in [-0.25, -0.2) is 9.97 Å². The fourth-order valence-electron chi connectivity index (χ4n) is 2.54. The number of hydrogen-bond acceptors (Lipinski definition) is 6. The van der Waals surface area contributed by atoms with Crippen LogP contribution in [0.1, 0.15) is 17.0 Å². The Bertz CT molecular complexity index is 666. The summed E-state index contributed by atoms with van der Waals surface area (Å²) < 4.78 is 5.13. The number of amides is 2. The van der Waals surface area contributed by atoms with Gasteiger partial charge in [-0.15, -0.1) is 0 Å². The Morgan fingerprint density at radius 3 is 2.46 bits per heavy atom. The monoisotopic (exact) mass is 329 g/mol. The second-order valence-corrected chi connectivity index (χ2v) is 5.40. The fraction of sp³-hybridized carbons (Fsp3) is 0.375. The van der Waals surface area contributed by atoms with Gasteiger partial charge in [0.2, 0.25) is 11.9 Å². The van der Waals surface area contributed by atoms with Crippen LogP contribution in [0.3, 0.4) is 0 Å². The molecule has 0 unspecified atom stereocenters. The summed E-state index contributed by atoms with van der Waals surface area (Å²) in [5.74, 6) is 0.777. The van der Waals surface area contributed by atoms with Gasteiger partial charge in [0, 0.05) is 51.5 Å². The molecule has 8 heteroatoms. The lowest BCUT2D eigenvalue weighted by Gasteiger charge is -2.34. The molecule has 1 fully saturated rings. The lowest BCUT2D eigenvalue weighted by atomic mass is 10.2. The Labute approximate surface area is 139 Å². The van der Waals surface area contributed by atoms with Crippen LogP contribution in [0.2, 0.25) is 0 Å². The minimum atomic E-state index is -0.130. The Kier molecular flexibility index (Phi) is 5.05. The minimum absolute atomic E-state index is 0.0588. The van der Waals surface area contributed by atoms with Crippen LogP contribution >= 0.6 is 0 Å². The van der Waals surface area contributed by atoms with Gasteiger partial charge in [-0.2, -0.15) is 0 Å². The highest BCUT2D eigenvalue weighted by Crippen LogP contribution is 2.10. The van der Waals surface area contributed by atoms with Crippen molar-refractivity contribution in [3.63, 3.8) is 0 Å². The summed E-state index contributed by atoms with van der Waals surface area (Å²) in [7, 11) is 0. The molecule has 1 N–H and O–H groups in total. The summed E-state index contributed by atoms with van der Waals surface area (Å²) in [6.45, 7) is 2.58. The van der Waals surface area contributed by atoms with E-state index in [1.807, 2.05) is 0 Å². The van der Waals surface area contributed by atoms with Gasteiger partial charge in [0.15, 0.2) is 5.76 Å². The molecule has 0 saturated carbocycles. The Hall–Kier alpha value is -2.90. The highest BCUT2D eigenvalue weighted by molar-refractivity contribution is 5.91. The average molecular weight is 329 g/mol. The molecule has 0 atom stereocenters. The van der Waals surface area contributed by atoms with Crippen molar-refractivity contribution in [2.24, 2.45) is 0 Å². The summed E-state index contributed by atoms with van der Waals surface area (Å²) in [6.07, 6.45) is 5.14. The molecular weight excluding hydrogens is 310 g/mol. The van der Waals surface area contributed by atoms with E-state index in [1.165, 1.54) is 6.26 Å². The van der Waals surface area contributed by atoms with Crippen LogP contribution in [0, 0.1) is 0 Å². The van der Waals surface area contributed by atoms with Gasteiger partial charge in [0.25, 0.3) is 5.91 Å². The predicted octanol–water partition coefficient (Wildman–Crippen LogP) is 0.856. The first-order chi connectivity index (χ1) is 11.7. The maximum absolute atomic E-state index is 12.2. The number of piperazine rings is 1. The number of anilines is 1. The fourth-order valence-corrected chi connectivity index (χ4v) is 2.54. The van der Waals surface area contributed by atoms with E-state index >= 15 is 0 Å². The highest BCUT2D eigenvalue weighted by Gasteiger charge is 2.25. The van der Waals surface area contributed by atoms with Crippen LogP contribution < -0.4 is 5.32 Å². The van der Waals surface area contributed by atoms with Crippen molar-refractivity contribution in [3.8, 4) is 0 Å².